The molecular weight excluding hydrogens is 282 g/mol. The lowest BCUT2D eigenvalue weighted by Gasteiger charge is -2.32. The largest absolute Gasteiger partial charge is 0.390 e. The zero-order valence-electron chi connectivity index (χ0n) is 11.5. The highest BCUT2D eigenvalue weighted by Gasteiger charge is 2.22. The number of aliphatic hydroxyl groups is 1. The Hall–Kier alpha value is -0.930. The Morgan fingerprint density at radius 1 is 1.60 bits per heavy atom. The molecule has 1 aliphatic rings. The molecule has 1 fully saturated rings. The summed E-state index contributed by atoms with van der Waals surface area (Å²) in [6.07, 6.45) is 1.24. The van der Waals surface area contributed by atoms with E-state index in [-0.39, 0.29) is 24.2 Å². The molecule has 1 aliphatic heterocycles. The second-order valence-corrected chi connectivity index (χ2v) is 6.52. The fraction of sp³-hybridized carbons (Fsp3) is 0.667. The summed E-state index contributed by atoms with van der Waals surface area (Å²) in [5, 5.41) is 8.93. The number of nitrogens with zero attached hydrogens (tertiary/aromatic N) is 1. The Labute approximate surface area is 119 Å². The van der Waals surface area contributed by atoms with Crippen LogP contribution in [0.1, 0.15) is 12.6 Å². The van der Waals surface area contributed by atoms with Gasteiger partial charge in [0.05, 0.1) is 24.2 Å². The van der Waals surface area contributed by atoms with Gasteiger partial charge in [-0.2, -0.15) is 0 Å². The molecule has 2 heterocycles. The summed E-state index contributed by atoms with van der Waals surface area (Å²) < 4.78 is 32.2. The monoisotopic (exact) mass is 303 g/mol. The van der Waals surface area contributed by atoms with Crippen molar-refractivity contribution in [2.24, 2.45) is 0 Å². The second-order valence-electron chi connectivity index (χ2n) is 4.76. The lowest BCUT2D eigenvalue weighted by Crippen LogP contribution is -2.47. The normalized spacial score (nSPS) is 21.2. The van der Waals surface area contributed by atoms with Gasteiger partial charge in [0, 0.05) is 31.5 Å². The third-order valence-electron chi connectivity index (χ3n) is 3.37. The number of hydrogen-bond acceptors (Lipinski definition) is 5. The van der Waals surface area contributed by atoms with Crippen LogP contribution in [0.2, 0.25) is 0 Å². The maximum absolute atomic E-state index is 12.1. The van der Waals surface area contributed by atoms with E-state index in [1.54, 1.807) is 0 Å². The fourth-order valence-electron chi connectivity index (χ4n) is 2.14. The van der Waals surface area contributed by atoms with E-state index in [2.05, 4.69) is 21.5 Å². The molecule has 1 aromatic heterocycles. The number of aromatic nitrogens is 1. The van der Waals surface area contributed by atoms with Crippen LogP contribution in [0.15, 0.2) is 17.2 Å². The van der Waals surface area contributed by atoms with Crippen molar-refractivity contribution in [1.82, 2.24) is 14.6 Å². The number of aromatic amines is 1. The van der Waals surface area contributed by atoms with E-state index in [1.165, 1.54) is 12.3 Å². The molecule has 1 aromatic rings. The van der Waals surface area contributed by atoms with Crippen molar-refractivity contribution in [2.45, 2.75) is 24.5 Å². The van der Waals surface area contributed by atoms with Gasteiger partial charge in [0.15, 0.2) is 0 Å². The van der Waals surface area contributed by atoms with Crippen LogP contribution in [-0.4, -0.2) is 62.3 Å². The summed E-state index contributed by atoms with van der Waals surface area (Å²) in [6.45, 7) is 5.28. The van der Waals surface area contributed by atoms with Gasteiger partial charge >= 0.3 is 0 Å². The first-order valence-corrected chi connectivity index (χ1v) is 8.15. The summed E-state index contributed by atoms with van der Waals surface area (Å²) in [4.78, 5) is 5.06. The standard InChI is InChI=1S/C12H21N3O4S/c1-2-15-3-4-19-11(8-15)6-14-20(17,18)12-5-10(9-16)13-7-12/h5,7,11,13-14,16H,2-4,6,8-9H2,1H3. The van der Waals surface area contributed by atoms with E-state index < -0.39 is 10.0 Å². The molecule has 0 radical (unpaired) electrons. The fourth-order valence-corrected chi connectivity index (χ4v) is 3.23. The highest BCUT2D eigenvalue weighted by Crippen LogP contribution is 2.11. The first-order chi connectivity index (χ1) is 9.55. The molecule has 8 heteroatoms. The van der Waals surface area contributed by atoms with E-state index in [4.69, 9.17) is 9.84 Å². The summed E-state index contributed by atoms with van der Waals surface area (Å²) in [5.74, 6) is 0. The van der Waals surface area contributed by atoms with Gasteiger partial charge in [0.2, 0.25) is 10.0 Å². The molecule has 0 amide bonds. The van der Waals surface area contributed by atoms with Crippen molar-refractivity contribution < 1.29 is 18.3 Å². The highest BCUT2D eigenvalue weighted by molar-refractivity contribution is 7.89. The molecule has 1 saturated heterocycles. The maximum Gasteiger partial charge on any atom is 0.242 e. The topological polar surface area (TPSA) is 94.7 Å². The number of morpholine rings is 1. The third kappa shape index (κ3) is 3.80. The van der Waals surface area contributed by atoms with E-state index >= 15 is 0 Å². The molecule has 0 spiro atoms. The number of aliphatic hydroxyl groups excluding tert-OH is 1. The minimum atomic E-state index is -3.56. The van der Waals surface area contributed by atoms with Crippen molar-refractivity contribution in [1.29, 1.82) is 0 Å². The van der Waals surface area contributed by atoms with Gasteiger partial charge in [-0.15, -0.1) is 0 Å². The van der Waals surface area contributed by atoms with Crippen molar-refractivity contribution >= 4 is 10.0 Å². The third-order valence-corrected chi connectivity index (χ3v) is 4.77. The van der Waals surface area contributed by atoms with Crippen LogP contribution in [0, 0.1) is 0 Å². The van der Waals surface area contributed by atoms with Crippen LogP contribution in [0.3, 0.4) is 0 Å². The predicted molar refractivity (Wildman–Crippen MR) is 73.8 cm³/mol. The average molecular weight is 303 g/mol. The molecular formula is C12H21N3O4S. The van der Waals surface area contributed by atoms with Crippen LogP contribution in [0.4, 0.5) is 0 Å². The Bertz CT molecular complexity index is 529. The summed E-state index contributed by atoms with van der Waals surface area (Å²) >= 11 is 0. The average Bonchev–Trinajstić information content (AvgIpc) is 2.95. The molecule has 20 heavy (non-hydrogen) atoms. The molecule has 1 unspecified atom stereocenters. The van der Waals surface area contributed by atoms with Gasteiger partial charge in [-0.1, -0.05) is 6.92 Å². The quantitative estimate of drug-likeness (QED) is 0.659. The summed E-state index contributed by atoms with van der Waals surface area (Å²) in [6, 6.07) is 1.42. The molecule has 7 nitrogen and oxygen atoms in total. The van der Waals surface area contributed by atoms with Gasteiger partial charge in [0.25, 0.3) is 0 Å². The molecule has 3 N–H and O–H groups in total. The molecule has 0 aliphatic carbocycles. The van der Waals surface area contributed by atoms with Crippen molar-refractivity contribution in [3.63, 3.8) is 0 Å². The zero-order valence-corrected chi connectivity index (χ0v) is 12.3. The summed E-state index contributed by atoms with van der Waals surface area (Å²) in [7, 11) is -3.56. The number of likely N-dealkylation sites (N-methyl/N-ethyl adjacent to an activating group) is 1. The molecule has 0 bridgehead atoms. The lowest BCUT2D eigenvalue weighted by atomic mass is 10.3. The first-order valence-electron chi connectivity index (χ1n) is 6.67. The van der Waals surface area contributed by atoms with Gasteiger partial charge in [-0.3, -0.25) is 4.90 Å². The van der Waals surface area contributed by atoms with Gasteiger partial charge in [-0.05, 0) is 12.6 Å². The van der Waals surface area contributed by atoms with Gasteiger partial charge in [0.1, 0.15) is 0 Å². The number of H-pyrrole nitrogens is 1. The molecule has 2 rings (SSSR count). The van der Waals surface area contributed by atoms with Crippen LogP contribution < -0.4 is 4.72 Å². The number of hydrogen-bond donors (Lipinski definition) is 3. The van der Waals surface area contributed by atoms with Crippen molar-refractivity contribution in [2.75, 3.05) is 32.8 Å². The van der Waals surface area contributed by atoms with E-state index in [0.29, 0.717) is 12.3 Å². The zero-order chi connectivity index (χ0) is 14.6. The van der Waals surface area contributed by atoms with E-state index in [1.807, 2.05) is 0 Å². The van der Waals surface area contributed by atoms with Gasteiger partial charge < -0.3 is 14.8 Å². The SMILES string of the molecule is CCN1CCOC(CNS(=O)(=O)c2c[nH]c(CO)c2)C1. The second kappa shape index (κ2) is 6.68. The van der Waals surface area contributed by atoms with Crippen molar-refractivity contribution in [3.8, 4) is 0 Å². The molecule has 0 saturated carbocycles. The van der Waals surface area contributed by atoms with E-state index in [9.17, 15) is 8.42 Å². The van der Waals surface area contributed by atoms with E-state index in [0.717, 1.165) is 19.6 Å². The van der Waals surface area contributed by atoms with Crippen LogP contribution in [-0.2, 0) is 21.4 Å². The number of nitrogens with one attached hydrogen (secondary N) is 2. The van der Waals surface area contributed by atoms with Crippen LogP contribution in [0.25, 0.3) is 0 Å². The summed E-state index contributed by atoms with van der Waals surface area (Å²) in [5.41, 5.74) is 0.469. The first kappa shape index (κ1) is 15.5. The highest BCUT2D eigenvalue weighted by atomic mass is 32.2. The molecule has 0 aromatic carbocycles. The minimum absolute atomic E-state index is 0.129. The smallest absolute Gasteiger partial charge is 0.242 e. The lowest BCUT2D eigenvalue weighted by molar-refractivity contribution is -0.0229. The van der Waals surface area contributed by atoms with Crippen LogP contribution in [0.5, 0.6) is 0 Å². The molecule has 1 atom stereocenters. The Morgan fingerprint density at radius 2 is 2.40 bits per heavy atom. The van der Waals surface area contributed by atoms with Gasteiger partial charge in [-0.25, -0.2) is 13.1 Å². The Kier molecular flexibility index (Phi) is 5.17. The van der Waals surface area contributed by atoms with Crippen molar-refractivity contribution in [3.05, 3.63) is 18.0 Å². The minimum Gasteiger partial charge on any atom is -0.390 e. The molecule has 114 valence electrons. The Morgan fingerprint density at radius 3 is 3.05 bits per heavy atom. The predicted octanol–water partition coefficient (Wildman–Crippen LogP) is -0.494. The maximum atomic E-state index is 12.1. The van der Waals surface area contributed by atoms with Crippen LogP contribution >= 0.6 is 0 Å². The number of rotatable bonds is 6. The Balaban J connectivity index is 1.92. The number of sulfonamides is 1. The number of ether oxygens (including phenoxy) is 1.